The lowest BCUT2D eigenvalue weighted by Crippen LogP contribution is -2.24. The SMILES string of the molecule is CC(C)n1ccc(-c2nc(Nc3ccc(C(=O)NOCCc4ccccc4F)cc3)ncc2Cl)n1. The highest BCUT2D eigenvalue weighted by atomic mass is 35.5. The second kappa shape index (κ2) is 11.1. The summed E-state index contributed by atoms with van der Waals surface area (Å²) in [5.41, 5.74) is 5.15. The van der Waals surface area contributed by atoms with Crippen LogP contribution in [0, 0.1) is 5.82 Å². The van der Waals surface area contributed by atoms with Gasteiger partial charge in [0.1, 0.15) is 17.2 Å². The number of hydrogen-bond acceptors (Lipinski definition) is 6. The van der Waals surface area contributed by atoms with Gasteiger partial charge in [0.15, 0.2) is 0 Å². The molecule has 0 fully saturated rings. The topological polar surface area (TPSA) is 94.0 Å². The molecule has 4 rings (SSSR count). The molecule has 8 nitrogen and oxygen atoms in total. The lowest BCUT2D eigenvalue weighted by atomic mass is 10.1. The summed E-state index contributed by atoms with van der Waals surface area (Å²) < 4.78 is 15.5. The summed E-state index contributed by atoms with van der Waals surface area (Å²) >= 11 is 6.30. The second-order valence-corrected chi connectivity index (χ2v) is 8.40. The van der Waals surface area contributed by atoms with E-state index in [9.17, 15) is 9.18 Å². The lowest BCUT2D eigenvalue weighted by Gasteiger charge is -2.09. The van der Waals surface area contributed by atoms with Crippen LogP contribution >= 0.6 is 11.6 Å². The van der Waals surface area contributed by atoms with Gasteiger partial charge in [-0.25, -0.2) is 19.8 Å². The van der Waals surface area contributed by atoms with E-state index in [1.807, 2.05) is 30.8 Å². The molecule has 10 heteroatoms. The monoisotopic (exact) mass is 494 g/mol. The number of halogens is 2. The van der Waals surface area contributed by atoms with E-state index in [-0.39, 0.29) is 18.5 Å². The number of rotatable bonds is 9. The van der Waals surface area contributed by atoms with Crippen molar-refractivity contribution in [3.8, 4) is 11.4 Å². The van der Waals surface area contributed by atoms with Crippen molar-refractivity contribution in [1.29, 1.82) is 0 Å². The van der Waals surface area contributed by atoms with E-state index in [0.717, 1.165) is 0 Å². The Morgan fingerprint density at radius 2 is 1.91 bits per heavy atom. The van der Waals surface area contributed by atoms with E-state index in [2.05, 4.69) is 25.9 Å². The minimum Gasteiger partial charge on any atom is -0.324 e. The molecule has 1 amide bonds. The molecule has 2 heterocycles. The van der Waals surface area contributed by atoms with Crippen LogP contribution in [0.4, 0.5) is 16.0 Å². The van der Waals surface area contributed by atoms with E-state index in [1.54, 1.807) is 42.5 Å². The highest BCUT2D eigenvalue weighted by molar-refractivity contribution is 6.32. The quantitative estimate of drug-likeness (QED) is 0.240. The van der Waals surface area contributed by atoms with Gasteiger partial charge in [0, 0.05) is 29.9 Å². The van der Waals surface area contributed by atoms with Crippen LogP contribution < -0.4 is 10.8 Å². The van der Waals surface area contributed by atoms with Gasteiger partial charge in [-0.1, -0.05) is 29.8 Å². The zero-order chi connectivity index (χ0) is 24.8. The molecule has 0 saturated carbocycles. The Morgan fingerprint density at radius 1 is 1.14 bits per heavy atom. The second-order valence-electron chi connectivity index (χ2n) is 7.99. The number of carbonyl (C=O) groups excluding carboxylic acids is 1. The van der Waals surface area contributed by atoms with Crippen LogP contribution in [0.25, 0.3) is 11.4 Å². The fourth-order valence-electron chi connectivity index (χ4n) is 3.23. The molecular formula is C25H24ClFN6O2. The fourth-order valence-corrected chi connectivity index (χ4v) is 3.42. The average molecular weight is 495 g/mol. The zero-order valence-electron chi connectivity index (χ0n) is 19.2. The van der Waals surface area contributed by atoms with Crippen molar-refractivity contribution in [1.82, 2.24) is 25.2 Å². The van der Waals surface area contributed by atoms with E-state index >= 15 is 0 Å². The summed E-state index contributed by atoms with van der Waals surface area (Å²) in [5, 5.41) is 8.01. The highest BCUT2D eigenvalue weighted by Crippen LogP contribution is 2.26. The van der Waals surface area contributed by atoms with Gasteiger partial charge in [0.05, 0.1) is 17.8 Å². The minimum absolute atomic E-state index is 0.151. The molecule has 0 atom stereocenters. The number of anilines is 2. The van der Waals surface area contributed by atoms with Gasteiger partial charge in [-0.2, -0.15) is 5.10 Å². The molecule has 35 heavy (non-hydrogen) atoms. The van der Waals surface area contributed by atoms with Crippen molar-refractivity contribution in [2.24, 2.45) is 0 Å². The predicted molar refractivity (Wildman–Crippen MR) is 132 cm³/mol. The fraction of sp³-hybridized carbons (Fsp3) is 0.200. The van der Waals surface area contributed by atoms with Crippen LogP contribution in [-0.2, 0) is 11.3 Å². The number of hydrogen-bond donors (Lipinski definition) is 2. The van der Waals surface area contributed by atoms with Crippen molar-refractivity contribution >= 4 is 29.1 Å². The first-order valence-corrected chi connectivity index (χ1v) is 11.4. The Bertz CT molecular complexity index is 1310. The van der Waals surface area contributed by atoms with Gasteiger partial charge in [-0.05, 0) is 55.8 Å². The van der Waals surface area contributed by atoms with Gasteiger partial charge in [0.25, 0.3) is 5.91 Å². The Kier molecular flexibility index (Phi) is 7.69. The van der Waals surface area contributed by atoms with Crippen LogP contribution in [-0.4, -0.2) is 32.3 Å². The molecule has 180 valence electrons. The maximum Gasteiger partial charge on any atom is 0.274 e. The molecule has 0 bridgehead atoms. The van der Waals surface area contributed by atoms with Crippen molar-refractivity contribution in [2.45, 2.75) is 26.3 Å². The predicted octanol–water partition coefficient (Wildman–Crippen LogP) is 5.36. The third-order valence-corrected chi connectivity index (χ3v) is 5.40. The molecule has 0 aliphatic carbocycles. The molecule has 2 aromatic heterocycles. The van der Waals surface area contributed by atoms with Crippen LogP contribution in [0.5, 0.6) is 0 Å². The van der Waals surface area contributed by atoms with Gasteiger partial charge >= 0.3 is 0 Å². The molecular weight excluding hydrogens is 471 g/mol. The smallest absolute Gasteiger partial charge is 0.274 e. The number of amides is 1. The van der Waals surface area contributed by atoms with Crippen LogP contribution in [0.1, 0.15) is 35.8 Å². The summed E-state index contributed by atoms with van der Waals surface area (Å²) in [6, 6.07) is 15.2. The molecule has 0 unspecified atom stereocenters. The number of aromatic nitrogens is 4. The normalized spacial score (nSPS) is 11.0. The molecule has 2 N–H and O–H groups in total. The van der Waals surface area contributed by atoms with Gasteiger partial charge in [-0.15, -0.1) is 0 Å². The Labute approximate surface area is 207 Å². The van der Waals surface area contributed by atoms with E-state index in [0.29, 0.717) is 45.6 Å². The number of nitrogens with one attached hydrogen (secondary N) is 2. The molecule has 0 aliphatic heterocycles. The van der Waals surface area contributed by atoms with Crippen LogP contribution in [0.15, 0.2) is 67.0 Å². The van der Waals surface area contributed by atoms with Gasteiger partial charge < -0.3 is 5.32 Å². The third-order valence-electron chi connectivity index (χ3n) is 5.12. The summed E-state index contributed by atoms with van der Waals surface area (Å²) in [5.74, 6) is -0.361. The molecule has 0 radical (unpaired) electrons. The molecule has 0 aliphatic rings. The highest BCUT2D eigenvalue weighted by Gasteiger charge is 2.13. The summed E-state index contributed by atoms with van der Waals surface area (Å²) in [6.45, 7) is 4.22. The first-order chi connectivity index (χ1) is 16.9. The average Bonchev–Trinajstić information content (AvgIpc) is 3.35. The van der Waals surface area contributed by atoms with Crippen molar-refractivity contribution in [2.75, 3.05) is 11.9 Å². The Morgan fingerprint density at radius 3 is 2.63 bits per heavy atom. The minimum atomic E-state index is -0.407. The molecule has 4 aromatic rings. The summed E-state index contributed by atoms with van der Waals surface area (Å²) in [6.07, 6.45) is 3.73. The molecule has 0 spiro atoms. The van der Waals surface area contributed by atoms with Crippen LogP contribution in [0.3, 0.4) is 0 Å². The number of hydroxylamine groups is 1. The Balaban J connectivity index is 1.34. The lowest BCUT2D eigenvalue weighted by molar-refractivity contribution is 0.0322. The zero-order valence-corrected chi connectivity index (χ0v) is 20.0. The van der Waals surface area contributed by atoms with Crippen molar-refractivity contribution in [3.05, 3.63) is 89.0 Å². The standard InChI is InChI=1S/C25H24ClFN6O2/c1-16(2)33-13-11-22(31-33)23-20(26)15-28-25(30-23)29-19-9-7-18(8-10-19)24(34)32-35-14-12-17-5-3-4-6-21(17)27/h3-11,13,15-16H,12,14H2,1-2H3,(H,32,34)(H,28,29,30). The summed E-state index contributed by atoms with van der Waals surface area (Å²) in [7, 11) is 0. The molecule has 2 aromatic carbocycles. The van der Waals surface area contributed by atoms with E-state index in [4.69, 9.17) is 16.4 Å². The third kappa shape index (κ3) is 6.20. The number of carbonyl (C=O) groups is 1. The van der Waals surface area contributed by atoms with Gasteiger partial charge in [-0.3, -0.25) is 14.3 Å². The first kappa shape index (κ1) is 24.3. The van der Waals surface area contributed by atoms with E-state index < -0.39 is 5.91 Å². The first-order valence-electron chi connectivity index (χ1n) is 11.0. The molecule has 0 saturated heterocycles. The maximum atomic E-state index is 13.6. The number of benzene rings is 2. The van der Waals surface area contributed by atoms with Gasteiger partial charge in [0.2, 0.25) is 5.95 Å². The van der Waals surface area contributed by atoms with Crippen molar-refractivity contribution in [3.63, 3.8) is 0 Å². The van der Waals surface area contributed by atoms with Crippen molar-refractivity contribution < 1.29 is 14.0 Å². The number of nitrogens with zero attached hydrogens (tertiary/aromatic N) is 4. The van der Waals surface area contributed by atoms with Crippen LogP contribution in [0.2, 0.25) is 5.02 Å². The largest absolute Gasteiger partial charge is 0.324 e. The maximum absolute atomic E-state index is 13.6. The summed E-state index contributed by atoms with van der Waals surface area (Å²) in [4.78, 5) is 26.2. The van der Waals surface area contributed by atoms with E-state index in [1.165, 1.54) is 12.3 Å². The Hall–Kier alpha value is -3.82.